The lowest BCUT2D eigenvalue weighted by Gasteiger charge is -2.27. The minimum Gasteiger partial charge on any atom is -0.481 e. The second-order valence-electron chi connectivity index (χ2n) is 4.85. The van der Waals surface area contributed by atoms with Gasteiger partial charge in [0.15, 0.2) is 0 Å². The Hall–Kier alpha value is -1.63. The largest absolute Gasteiger partial charge is 0.481 e. The second-order valence-corrected chi connectivity index (χ2v) is 4.85. The van der Waals surface area contributed by atoms with Gasteiger partial charge in [-0.25, -0.2) is 4.79 Å². The minimum absolute atomic E-state index is 0.00819. The maximum absolute atomic E-state index is 11.9. The molecule has 0 bridgehead atoms. The monoisotopic (exact) mass is 288 g/mol. The molecule has 20 heavy (non-hydrogen) atoms. The maximum Gasteiger partial charge on any atom is 0.324 e. The molecule has 0 heterocycles. The summed E-state index contributed by atoms with van der Waals surface area (Å²) in [6.07, 6.45) is -0.0898. The van der Waals surface area contributed by atoms with E-state index in [1.807, 2.05) is 13.8 Å². The molecule has 0 radical (unpaired) electrons. The molecule has 0 rings (SSSR count). The van der Waals surface area contributed by atoms with Crippen LogP contribution in [0.3, 0.4) is 0 Å². The zero-order chi connectivity index (χ0) is 15.7. The molecule has 0 spiro atoms. The Morgan fingerprint density at radius 2 is 1.85 bits per heavy atom. The lowest BCUT2D eigenvalue weighted by atomic mass is 10.0. The van der Waals surface area contributed by atoms with Gasteiger partial charge >= 0.3 is 12.0 Å². The standard InChI is InChI=1S/C13H24N2O5/c1-5-15(10(3)8-20-4)13(19)14-11(16)6-9(2)7-12(17)18/h9-10H,5-8H2,1-4H3,(H,17,18)(H,14,16,19). The smallest absolute Gasteiger partial charge is 0.324 e. The number of imide groups is 1. The third-order valence-corrected chi connectivity index (χ3v) is 2.84. The predicted octanol–water partition coefficient (Wildman–Crippen LogP) is 1.08. The van der Waals surface area contributed by atoms with Crippen LogP contribution in [0, 0.1) is 5.92 Å². The average Bonchev–Trinajstić information content (AvgIpc) is 2.28. The number of hydrogen-bond donors (Lipinski definition) is 2. The number of hydrogen-bond acceptors (Lipinski definition) is 4. The van der Waals surface area contributed by atoms with Crippen LogP contribution in [-0.2, 0) is 14.3 Å². The zero-order valence-electron chi connectivity index (χ0n) is 12.5. The number of ether oxygens (including phenoxy) is 1. The first kappa shape index (κ1) is 18.4. The van der Waals surface area contributed by atoms with Crippen molar-refractivity contribution in [3.63, 3.8) is 0 Å². The number of urea groups is 1. The molecule has 2 unspecified atom stereocenters. The number of carbonyl (C=O) groups excluding carboxylic acids is 2. The third-order valence-electron chi connectivity index (χ3n) is 2.84. The lowest BCUT2D eigenvalue weighted by molar-refractivity contribution is -0.138. The van der Waals surface area contributed by atoms with Crippen molar-refractivity contribution in [3.05, 3.63) is 0 Å². The van der Waals surface area contributed by atoms with Crippen molar-refractivity contribution in [2.45, 2.75) is 39.7 Å². The zero-order valence-corrected chi connectivity index (χ0v) is 12.5. The highest BCUT2D eigenvalue weighted by molar-refractivity contribution is 5.94. The van der Waals surface area contributed by atoms with E-state index < -0.39 is 17.9 Å². The van der Waals surface area contributed by atoms with Gasteiger partial charge in [0.2, 0.25) is 5.91 Å². The van der Waals surface area contributed by atoms with Crippen molar-refractivity contribution in [2.75, 3.05) is 20.3 Å². The molecule has 7 nitrogen and oxygen atoms in total. The molecule has 0 aromatic rings. The third kappa shape index (κ3) is 7.08. The Labute approximate surface area is 119 Å². The molecule has 2 N–H and O–H groups in total. The number of nitrogens with one attached hydrogen (secondary N) is 1. The van der Waals surface area contributed by atoms with Crippen molar-refractivity contribution in [3.8, 4) is 0 Å². The fourth-order valence-corrected chi connectivity index (χ4v) is 1.92. The van der Waals surface area contributed by atoms with Crippen molar-refractivity contribution < 1.29 is 24.2 Å². The fourth-order valence-electron chi connectivity index (χ4n) is 1.92. The van der Waals surface area contributed by atoms with E-state index in [4.69, 9.17) is 9.84 Å². The summed E-state index contributed by atoms with van der Waals surface area (Å²) in [7, 11) is 1.54. The fraction of sp³-hybridized carbons (Fsp3) is 0.769. The normalized spacial score (nSPS) is 13.4. The molecular formula is C13H24N2O5. The van der Waals surface area contributed by atoms with Gasteiger partial charge in [0.05, 0.1) is 12.6 Å². The summed E-state index contributed by atoms with van der Waals surface area (Å²) in [5, 5.41) is 10.9. The number of carboxylic acid groups (broad SMARTS) is 1. The van der Waals surface area contributed by atoms with E-state index in [1.54, 1.807) is 14.0 Å². The van der Waals surface area contributed by atoms with Crippen LogP contribution in [0.1, 0.15) is 33.6 Å². The Bertz CT molecular complexity index is 346. The molecule has 0 aliphatic heterocycles. The molecule has 0 fully saturated rings. The highest BCUT2D eigenvalue weighted by Crippen LogP contribution is 2.07. The van der Waals surface area contributed by atoms with Crippen LogP contribution in [0.4, 0.5) is 4.79 Å². The minimum atomic E-state index is -0.958. The van der Waals surface area contributed by atoms with Crippen LogP contribution in [-0.4, -0.2) is 54.2 Å². The van der Waals surface area contributed by atoms with Crippen LogP contribution in [0.15, 0.2) is 0 Å². The number of nitrogens with zero attached hydrogens (tertiary/aromatic N) is 1. The predicted molar refractivity (Wildman–Crippen MR) is 73.3 cm³/mol. The van der Waals surface area contributed by atoms with Gasteiger partial charge in [-0.2, -0.15) is 0 Å². The topological polar surface area (TPSA) is 95.9 Å². The van der Waals surface area contributed by atoms with Gasteiger partial charge in [-0.1, -0.05) is 6.92 Å². The molecular weight excluding hydrogens is 264 g/mol. The van der Waals surface area contributed by atoms with Gasteiger partial charge in [0.25, 0.3) is 0 Å². The van der Waals surface area contributed by atoms with Crippen LogP contribution < -0.4 is 5.32 Å². The number of carboxylic acids is 1. The molecule has 116 valence electrons. The first-order valence-corrected chi connectivity index (χ1v) is 6.62. The Morgan fingerprint density at radius 1 is 1.25 bits per heavy atom. The van der Waals surface area contributed by atoms with E-state index in [2.05, 4.69) is 5.32 Å². The lowest BCUT2D eigenvalue weighted by Crippen LogP contribution is -2.48. The van der Waals surface area contributed by atoms with E-state index in [0.717, 1.165) is 0 Å². The number of amides is 3. The summed E-state index contributed by atoms with van der Waals surface area (Å²) in [5.41, 5.74) is 0. The number of carbonyl (C=O) groups is 3. The summed E-state index contributed by atoms with van der Waals surface area (Å²) in [6.45, 7) is 6.12. The van der Waals surface area contributed by atoms with Gasteiger partial charge < -0.3 is 14.7 Å². The molecule has 0 aromatic heterocycles. The summed E-state index contributed by atoms with van der Waals surface area (Å²) >= 11 is 0. The van der Waals surface area contributed by atoms with Crippen LogP contribution in [0.5, 0.6) is 0 Å². The molecule has 0 saturated heterocycles. The highest BCUT2D eigenvalue weighted by atomic mass is 16.5. The Morgan fingerprint density at radius 3 is 2.30 bits per heavy atom. The number of rotatable bonds is 8. The number of aliphatic carboxylic acids is 1. The van der Waals surface area contributed by atoms with Gasteiger partial charge in [0.1, 0.15) is 0 Å². The van der Waals surface area contributed by atoms with Gasteiger partial charge in [-0.15, -0.1) is 0 Å². The first-order valence-electron chi connectivity index (χ1n) is 6.62. The quantitative estimate of drug-likeness (QED) is 0.696. The average molecular weight is 288 g/mol. The maximum atomic E-state index is 11.9. The van der Waals surface area contributed by atoms with Crippen molar-refractivity contribution in [1.82, 2.24) is 10.2 Å². The van der Waals surface area contributed by atoms with Crippen molar-refractivity contribution >= 4 is 17.9 Å². The summed E-state index contributed by atoms with van der Waals surface area (Å²) in [5.74, 6) is -1.74. The Balaban J connectivity index is 4.35. The highest BCUT2D eigenvalue weighted by Gasteiger charge is 2.21. The molecule has 3 amide bonds. The Kier molecular flexibility index (Phi) is 8.54. The van der Waals surface area contributed by atoms with Gasteiger partial charge in [0, 0.05) is 26.5 Å². The molecule has 7 heteroatoms. The summed E-state index contributed by atoms with van der Waals surface area (Å²) in [6, 6.07) is -0.626. The molecule has 0 saturated carbocycles. The van der Waals surface area contributed by atoms with Crippen molar-refractivity contribution in [2.24, 2.45) is 5.92 Å². The molecule has 0 aliphatic carbocycles. The van der Waals surface area contributed by atoms with Crippen LogP contribution in [0.25, 0.3) is 0 Å². The summed E-state index contributed by atoms with van der Waals surface area (Å²) < 4.78 is 4.98. The second kappa shape index (κ2) is 9.30. The molecule has 0 aliphatic rings. The van der Waals surface area contributed by atoms with E-state index >= 15 is 0 Å². The number of likely N-dealkylation sites (N-methyl/N-ethyl adjacent to an activating group) is 1. The van der Waals surface area contributed by atoms with Crippen LogP contribution in [0.2, 0.25) is 0 Å². The SMILES string of the molecule is CCN(C(=O)NC(=O)CC(C)CC(=O)O)C(C)COC. The van der Waals surface area contributed by atoms with E-state index in [9.17, 15) is 14.4 Å². The molecule has 2 atom stereocenters. The summed E-state index contributed by atoms with van der Waals surface area (Å²) in [4.78, 5) is 35.6. The van der Waals surface area contributed by atoms with Crippen molar-refractivity contribution in [1.29, 1.82) is 0 Å². The van der Waals surface area contributed by atoms with E-state index in [0.29, 0.717) is 13.2 Å². The number of methoxy groups -OCH3 is 1. The first-order chi connectivity index (χ1) is 9.31. The van der Waals surface area contributed by atoms with Gasteiger partial charge in [-0.05, 0) is 19.8 Å². The van der Waals surface area contributed by atoms with Gasteiger partial charge in [-0.3, -0.25) is 14.9 Å². The van der Waals surface area contributed by atoms with Crippen LogP contribution >= 0.6 is 0 Å². The van der Waals surface area contributed by atoms with E-state index in [1.165, 1.54) is 4.90 Å². The molecule has 0 aromatic carbocycles. The van der Waals surface area contributed by atoms with E-state index in [-0.39, 0.29) is 24.8 Å².